The monoisotopic (exact) mass is 339 g/mol. The van der Waals surface area contributed by atoms with Gasteiger partial charge in [0.05, 0.1) is 17.6 Å². The van der Waals surface area contributed by atoms with Gasteiger partial charge < -0.3 is 4.98 Å². The van der Waals surface area contributed by atoms with Crippen molar-refractivity contribution in [1.82, 2.24) is 24.8 Å². The fraction of sp³-hybridized carbons (Fsp3) is 0.294. The predicted octanol–water partition coefficient (Wildman–Crippen LogP) is 2.92. The lowest BCUT2D eigenvalue weighted by Crippen LogP contribution is -2.25. The summed E-state index contributed by atoms with van der Waals surface area (Å²) in [5.41, 5.74) is 2.89. The summed E-state index contributed by atoms with van der Waals surface area (Å²) in [5.74, 6) is 0.672. The molecule has 1 aromatic carbocycles. The van der Waals surface area contributed by atoms with Gasteiger partial charge in [0.2, 0.25) is 0 Å². The second-order valence-corrected chi connectivity index (χ2v) is 6.62. The summed E-state index contributed by atoms with van der Waals surface area (Å²) in [5, 5.41) is 0. The molecule has 24 heavy (non-hydrogen) atoms. The topological polar surface area (TPSA) is 74.8 Å². The molecule has 0 radical (unpaired) electrons. The molecule has 7 heteroatoms. The first kappa shape index (κ1) is 15.2. The Balaban J connectivity index is 1.96. The van der Waals surface area contributed by atoms with Crippen molar-refractivity contribution in [2.24, 2.45) is 0 Å². The standard InChI is InChI=1S/C17H17N5OS/c1-3-22(4-2)9-12-20-13-14-17(24-15(13)16(23)21-12)19-11-8-6-5-7-10(11)18-14/h5-8H,3-4,9H2,1-2H3,(H,20,21,23). The largest absolute Gasteiger partial charge is 0.308 e. The molecule has 0 aliphatic rings. The van der Waals surface area contributed by atoms with E-state index < -0.39 is 0 Å². The van der Waals surface area contributed by atoms with Gasteiger partial charge >= 0.3 is 0 Å². The van der Waals surface area contributed by atoms with Gasteiger partial charge in [-0.05, 0) is 25.2 Å². The molecule has 0 amide bonds. The second kappa shape index (κ2) is 5.92. The molecule has 6 nitrogen and oxygen atoms in total. The van der Waals surface area contributed by atoms with Crippen molar-refractivity contribution in [3.63, 3.8) is 0 Å². The van der Waals surface area contributed by atoms with Gasteiger partial charge in [-0.3, -0.25) is 9.69 Å². The van der Waals surface area contributed by atoms with Crippen molar-refractivity contribution in [3.8, 4) is 0 Å². The molecule has 1 N–H and O–H groups in total. The molecule has 0 saturated heterocycles. The van der Waals surface area contributed by atoms with Gasteiger partial charge in [-0.2, -0.15) is 0 Å². The Labute approximate surface area is 142 Å². The van der Waals surface area contributed by atoms with E-state index in [0.29, 0.717) is 28.1 Å². The van der Waals surface area contributed by atoms with E-state index in [1.807, 2.05) is 24.3 Å². The maximum atomic E-state index is 12.5. The SMILES string of the molecule is CCN(CC)Cc1nc2c(sc3nc4ccccc4nc32)c(=O)[nH]1. The zero-order valence-electron chi connectivity index (χ0n) is 13.5. The van der Waals surface area contributed by atoms with E-state index in [-0.39, 0.29) is 5.56 Å². The van der Waals surface area contributed by atoms with Crippen LogP contribution in [0.3, 0.4) is 0 Å². The Kier molecular flexibility index (Phi) is 3.74. The number of nitrogens with zero attached hydrogens (tertiary/aromatic N) is 4. The van der Waals surface area contributed by atoms with E-state index in [2.05, 4.69) is 38.7 Å². The molecule has 4 rings (SSSR count). The molecular formula is C17H17N5OS. The third-order valence-corrected chi connectivity index (χ3v) is 5.22. The van der Waals surface area contributed by atoms with Crippen molar-refractivity contribution in [3.05, 3.63) is 40.4 Å². The van der Waals surface area contributed by atoms with Gasteiger partial charge in [0.15, 0.2) is 0 Å². The van der Waals surface area contributed by atoms with Gasteiger partial charge in [-0.15, -0.1) is 11.3 Å². The van der Waals surface area contributed by atoms with Crippen LogP contribution in [0.4, 0.5) is 0 Å². The fourth-order valence-electron chi connectivity index (χ4n) is 2.80. The van der Waals surface area contributed by atoms with Crippen molar-refractivity contribution in [2.45, 2.75) is 20.4 Å². The van der Waals surface area contributed by atoms with Crippen molar-refractivity contribution >= 4 is 42.9 Å². The molecule has 0 saturated carbocycles. The molecule has 0 bridgehead atoms. The Morgan fingerprint density at radius 3 is 2.46 bits per heavy atom. The lowest BCUT2D eigenvalue weighted by atomic mass is 10.3. The number of H-pyrrole nitrogens is 1. The average Bonchev–Trinajstić information content (AvgIpc) is 2.96. The highest BCUT2D eigenvalue weighted by Gasteiger charge is 2.15. The van der Waals surface area contributed by atoms with Crippen LogP contribution < -0.4 is 5.56 Å². The third-order valence-electron chi connectivity index (χ3n) is 4.16. The molecule has 0 fully saturated rings. The van der Waals surface area contributed by atoms with Crippen LogP contribution in [0.15, 0.2) is 29.1 Å². The summed E-state index contributed by atoms with van der Waals surface area (Å²) >= 11 is 1.35. The van der Waals surface area contributed by atoms with Crippen LogP contribution in [0.2, 0.25) is 0 Å². The zero-order chi connectivity index (χ0) is 16.7. The highest BCUT2D eigenvalue weighted by molar-refractivity contribution is 7.25. The molecule has 3 aromatic heterocycles. The number of nitrogens with one attached hydrogen (secondary N) is 1. The first-order valence-electron chi connectivity index (χ1n) is 8.00. The summed E-state index contributed by atoms with van der Waals surface area (Å²) < 4.78 is 0.587. The number of hydrogen-bond donors (Lipinski definition) is 1. The smallest absolute Gasteiger partial charge is 0.269 e. The number of aromatic nitrogens is 4. The number of hydrogen-bond acceptors (Lipinski definition) is 6. The maximum Gasteiger partial charge on any atom is 0.269 e. The summed E-state index contributed by atoms with van der Waals surface area (Å²) in [6.07, 6.45) is 0. The number of rotatable bonds is 4. The van der Waals surface area contributed by atoms with Gasteiger partial charge in [0, 0.05) is 0 Å². The molecule has 3 heterocycles. The number of aromatic amines is 1. The lowest BCUT2D eigenvalue weighted by Gasteiger charge is -2.16. The number of fused-ring (bicyclic) bond motifs is 4. The molecular weight excluding hydrogens is 322 g/mol. The normalized spacial score (nSPS) is 12.0. The molecule has 0 aliphatic carbocycles. The minimum atomic E-state index is -0.115. The average molecular weight is 339 g/mol. The molecule has 4 aromatic rings. The van der Waals surface area contributed by atoms with Crippen LogP contribution >= 0.6 is 11.3 Å². The van der Waals surface area contributed by atoms with Crippen molar-refractivity contribution in [2.75, 3.05) is 13.1 Å². The van der Waals surface area contributed by atoms with Crippen LogP contribution in [0, 0.1) is 0 Å². The van der Waals surface area contributed by atoms with Gasteiger partial charge in [-0.25, -0.2) is 15.0 Å². The second-order valence-electron chi connectivity index (χ2n) is 5.62. The van der Waals surface area contributed by atoms with Gasteiger partial charge in [0.25, 0.3) is 5.56 Å². The fourth-order valence-corrected chi connectivity index (χ4v) is 3.76. The summed E-state index contributed by atoms with van der Waals surface area (Å²) in [7, 11) is 0. The Morgan fingerprint density at radius 2 is 1.75 bits per heavy atom. The van der Waals surface area contributed by atoms with E-state index in [1.54, 1.807) is 0 Å². The van der Waals surface area contributed by atoms with Crippen molar-refractivity contribution < 1.29 is 0 Å². The van der Waals surface area contributed by atoms with Crippen LogP contribution in [0.1, 0.15) is 19.7 Å². The number of para-hydroxylation sites is 2. The van der Waals surface area contributed by atoms with E-state index in [4.69, 9.17) is 0 Å². The van der Waals surface area contributed by atoms with Crippen LogP contribution in [0.25, 0.3) is 31.6 Å². The highest BCUT2D eigenvalue weighted by Crippen LogP contribution is 2.29. The third kappa shape index (κ3) is 2.46. The predicted molar refractivity (Wildman–Crippen MR) is 97.5 cm³/mol. The summed E-state index contributed by atoms with van der Waals surface area (Å²) in [6.45, 7) is 6.63. The first-order valence-corrected chi connectivity index (χ1v) is 8.81. The minimum absolute atomic E-state index is 0.115. The molecule has 0 unspecified atom stereocenters. The van der Waals surface area contributed by atoms with Gasteiger partial charge in [-0.1, -0.05) is 26.0 Å². The van der Waals surface area contributed by atoms with E-state index in [0.717, 1.165) is 29.0 Å². The number of benzene rings is 1. The Morgan fingerprint density at radius 1 is 1.04 bits per heavy atom. The van der Waals surface area contributed by atoms with Crippen LogP contribution in [0.5, 0.6) is 0 Å². The van der Waals surface area contributed by atoms with Crippen LogP contribution in [-0.2, 0) is 6.54 Å². The lowest BCUT2D eigenvalue weighted by molar-refractivity contribution is 0.288. The van der Waals surface area contributed by atoms with E-state index >= 15 is 0 Å². The Hall–Kier alpha value is -2.38. The first-order chi connectivity index (χ1) is 11.7. The summed E-state index contributed by atoms with van der Waals surface area (Å²) in [4.78, 5) is 32.3. The zero-order valence-corrected chi connectivity index (χ0v) is 14.4. The summed E-state index contributed by atoms with van der Waals surface area (Å²) in [6, 6.07) is 7.72. The highest BCUT2D eigenvalue weighted by atomic mass is 32.1. The Bertz CT molecular complexity index is 1100. The van der Waals surface area contributed by atoms with Crippen LogP contribution in [-0.4, -0.2) is 37.9 Å². The van der Waals surface area contributed by atoms with E-state index in [1.165, 1.54) is 11.3 Å². The molecule has 0 atom stereocenters. The number of thiophene rings is 1. The molecule has 0 spiro atoms. The quantitative estimate of drug-likeness (QED) is 0.619. The van der Waals surface area contributed by atoms with Crippen molar-refractivity contribution in [1.29, 1.82) is 0 Å². The minimum Gasteiger partial charge on any atom is -0.308 e. The van der Waals surface area contributed by atoms with Gasteiger partial charge in [0.1, 0.15) is 26.4 Å². The molecule has 0 aliphatic heterocycles. The maximum absolute atomic E-state index is 12.5. The molecule has 122 valence electrons. The van der Waals surface area contributed by atoms with E-state index in [9.17, 15) is 4.79 Å².